The molecule has 66 valence electrons. The van der Waals surface area contributed by atoms with Gasteiger partial charge in [0.15, 0.2) is 0 Å². The summed E-state index contributed by atoms with van der Waals surface area (Å²) in [4.78, 5) is 1.48. The quantitative estimate of drug-likeness (QED) is 0.678. The van der Waals surface area contributed by atoms with E-state index in [2.05, 4.69) is 44.0 Å². The molecule has 12 heavy (non-hydrogen) atoms. The lowest BCUT2D eigenvalue weighted by Crippen LogP contribution is -1.83. The zero-order valence-electron chi connectivity index (χ0n) is 7.75. The summed E-state index contributed by atoms with van der Waals surface area (Å²) in [7, 11) is 0.0749. The van der Waals surface area contributed by atoms with Crippen molar-refractivity contribution in [3.63, 3.8) is 0 Å². The first-order valence-electron chi connectivity index (χ1n) is 4.21. The second kappa shape index (κ2) is 4.36. The standard InChI is InChI=1S/C11H16S/c1-4-10-6-8-11(9-7-10)12(3)5-2/h4,6-9,12H,1,5H2,2-3H3. The van der Waals surface area contributed by atoms with Crippen molar-refractivity contribution in [3.8, 4) is 0 Å². The molecule has 0 fully saturated rings. The minimum atomic E-state index is 0.0749. The Balaban J connectivity index is 2.84. The van der Waals surface area contributed by atoms with Crippen molar-refractivity contribution in [2.75, 3.05) is 12.0 Å². The average Bonchev–Trinajstić information content (AvgIpc) is 2.17. The highest BCUT2D eigenvalue weighted by molar-refractivity contribution is 8.16. The first-order valence-corrected chi connectivity index (χ1v) is 6.19. The van der Waals surface area contributed by atoms with E-state index < -0.39 is 0 Å². The van der Waals surface area contributed by atoms with Crippen LogP contribution in [0.25, 0.3) is 6.08 Å². The molecule has 0 aromatic heterocycles. The monoisotopic (exact) mass is 180 g/mol. The smallest absolute Gasteiger partial charge is 0.0127 e. The van der Waals surface area contributed by atoms with Crippen LogP contribution in [-0.4, -0.2) is 12.0 Å². The molecule has 0 aliphatic heterocycles. The van der Waals surface area contributed by atoms with E-state index in [1.165, 1.54) is 16.2 Å². The minimum absolute atomic E-state index is 0.0749. The lowest BCUT2D eigenvalue weighted by Gasteiger charge is -2.13. The highest BCUT2D eigenvalue weighted by Crippen LogP contribution is 2.31. The zero-order chi connectivity index (χ0) is 8.97. The lowest BCUT2D eigenvalue weighted by atomic mass is 10.2. The summed E-state index contributed by atoms with van der Waals surface area (Å²) < 4.78 is 0. The van der Waals surface area contributed by atoms with Crippen molar-refractivity contribution in [1.82, 2.24) is 0 Å². The molecule has 1 unspecified atom stereocenters. The van der Waals surface area contributed by atoms with Gasteiger partial charge in [0, 0.05) is 0 Å². The third-order valence-corrected chi connectivity index (χ3v) is 4.17. The molecule has 1 rings (SSSR count). The van der Waals surface area contributed by atoms with Gasteiger partial charge in [-0.1, -0.05) is 31.7 Å². The summed E-state index contributed by atoms with van der Waals surface area (Å²) >= 11 is 0. The Bertz CT molecular complexity index is 248. The zero-order valence-corrected chi connectivity index (χ0v) is 8.64. The highest BCUT2D eigenvalue weighted by Gasteiger charge is 1.96. The number of rotatable bonds is 3. The molecule has 0 nitrogen and oxygen atoms in total. The Hall–Kier alpha value is -0.690. The summed E-state index contributed by atoms with van der Waals surface area (Å²) in [6.07, 6.45) is 4.20. The van der Waals surface area contributed by atoms with Crippen LogP contribution in [0, 0.1) is 0 Å². The molecule has 1 aromatic rings. The molecule has 0 bridgehead atoms. The first kappa shape index (κ1) is 9.40. The molecule has 0 N–H and O–H groups in total. The number of hydrogen-bond acceptors (Lipinski definition) is 0. The number of benzene rings is 1. The third kappa shape index (κ3) is 2.15. The average molecular weight is 180 g/mol. The fourth-order valence-corrected chi connectivity index (χ4v) is 2.07. The molecule has 0 saturated heterocycles. The summed E-state index contributed by atoms with van der Waals surface area (Å²) in [6, 6.07) is 8.70. The molecule has 0 heterocycles. The molecule has 0 aliphatic rings. The van der Waals surface area contributed by atoms with Gasteiger partial charge in [-0.05, 0) is 34.6 Å². The first-order chi connectivity index (χ1) is 5.77. The summed E-state index contributed by atoms with van der Waals surface area (Å²) in [6.45, 7) is 5.97. The maximum atomic E-state index is 3.73. The Labute approximate surface area is 77.7 Å². The Morgan fingerprint density at radius 1 is 1.33 bits per heavy atom. The second-order valence-corrected chi connectivity index (χ2v) is 5.35. The molecule has 1 atom stereocenters. The van der Waals surface area contributed by atoms with E-state index in [1.54, 1.807) is 0 Å². The summed E-state index contributed by atoms with van der Waals surface area (Å²) in [5.74, 6) is 1.27. The molecule has 0 saturated carbocycles. The molecule has 1 aromatic carbocycles. The fourth-order valence-electron chi connectivity index (χ4n) is 1.05. The molecule has 0 aliphatic carbocycles. The maximum absolute atomic E-state index is 3.73. The predicted molar refractivity (Wildman–Crippen MR) is 60.3 cm³/mol. The van der Waals surface area contributed by atoms with Crippen molar-refractivity contribution >= 4 is 17.0 Å². The van der Waals surface area contributed by atoms with Gasteiger partial charge in [0.1, 0.15) is 0 Å². The van der Waals surface area contributed by atoms with Crippen molar-refractivity contribution in [3.05, 3.63) is 36.4 Å². The van der Waals surface area contributed by atoms with Crippen molar-refractivity contribution in [2.24, 2.45) is 0 Å². The van der Waals surface area contributed by atoms with Gasteiger partial charge in [0.2, 0.25) is 0 Å². The summed E-state index contributed by atoms with van der Waals surface area (Å²) in [5, 5.41) is 0. The van der Waals surface area contributed by atoms with E-state index in [1.807, 2.05) is 6.08 Å². The molecular formula is C11H16S. The van der Waals surface area contributed by atoms with Gasteiger partial charge in [-0.3, -0.25) is 0 Å². The fraction of sp³-hybridized carbons (Fsp3) is 0.273. The van der Waals surface area contributed by atoms with Crippen LogP contribution in [0.4, 0.5) is 0 Å². The SMILES string of the molecule is C=Cc1ccc([SH](C)CC)cc1. The van der Waals surface area contributed by atoms with Crippen molar-refractivity contribution in [2.45, 2.75) is 11.8 Å². The van der Waals surface area contributed by atoms with Gasteiger partial charge < -0.3 is 0 Å². The third-order valence-electron chi connectivity index (χ3n) is 2.04. The van der Waals surface area contributed by atoms with Crippen LogP contribution in [0.15, 0.2) is 35.7 Å². The van der Waals surface area contributed by atoms with E-state index in [0.717, 1.165) is 0 Å². The number of thiol groups is 1. The van der Waals surface area contributed by atoms with Crippen LogP contribution >= 0.6 is 10.9 Å². The molecule has 0 spiro atoms. The second-order valence-electron chi connectivity index (χ2n) is 2.81. The van der Waals surface area contributed by atoms with Gasteiger partial charge in [-0.2, -0.15) is 0 Å². The van der Waals surface area contributed by atoms with Crippen LogP contribution in [0.3, 0.4) is 0 Å². The van der Waals surface area contributed by atoms with E-state index in [9.17, 15) is 0 Å². The van der Waals surface area contributed by atoms with E-state index in [0.29, 0.717) is 0 Å². The van der Waals surface area contributed by atoms with Crippen LogP contribution in [-0.2, 0) is 0 Å². The Morgan fingerprint density at radius 3 is 2.33 bits per heavy atom. The molecular weight excluding hydrogens is 164 g/mol. The van der Waals surface area contributed by atoms with Crippen molar-refractivity contribution in [1.29, 1.82) is 0 Å². The van der Waals surface area contributed by atoms with Crippen LogP contribution < -0.4 is 0 Å². The van der Waals surface area contributed by atoms with Gasteiger partial charge >= 0.3 is 0 Å². The molecule has 1 heteroatoms. The summed E-state index contributed by atoms with van der Waals surface area (Å²) in [5.41, 5.74) is 1.21. The van der Waals surface area contributed by atoms with Crippen LogP contribution in [0.1, 0.15) is 12.5 Å². The minimum Gasteiger partial charge on any atom is -0.230 e. The predicted octanol–water partition coefficient (Wildman–Crippen LogP) is 3.34. The maximum Gasteiger partial charge on any atom is -0.0127 e. The molecule has 0 radical (unpaired) electrons. The van der Waals surface area contributed by atoms with Gasteiger partial charge in [0.05, 0.1) is 0 Å². The van der Waals surface area contributed by atoms with Gasteiger partial charge in [-0.15, -0.1) is 0 Å². The highest BCUT2D eigenvalue weighted by atomic mass is 32.2. The van der Waals surface area contributed by atoms with E-state index in [-0.39, 0.29) is 10.9 Å². The lowest BCUT2D eigenvalue weighted by molar-refractivity contribution is 1.40. The Kier molecular flexibility index (Phi) is 3.42. The van der Waals surface area contributed by atoms with Crippen LogP contribution in [0.5, 0.6) is 0 Å². The Morgan fingerprint density at radius 2 is 1.92 bits per heavy atom. The largest absolute Gasteiger partial charge is 0.230 e. The van der Waals surface area contributed by atoms with Gasteiger partial charge in [0.25, 0.3) is 0 Å². The van der Waals surface area contributed by atoms with Crippen LogP contribution in [0.2, 0.25) is 0 Å². The normalized spacial score (nSPS) is 14.0. The molecule has 0 amide bonds. The van der Waals surface area contributed by atoms with E-state index in [4.69, 9.17) is 0 Å². The topological polar surface area (TPSA) is 0 Å². The number of hydrogen-bond donors (Lipinski definition) is 1. The van der Waals surface area contributed by atoms with E-state index >= 15 is 0 Å². The van der Waals surface area contributed by atoms with Crippen molar-refractivity contribution < 1.29 is 0 Å². The van der Waals surface area contributed by atoms with Gasteiger partial charge in [-0.25, -0.2) is 10.9 Å².